The number of nitrogens with one attached hydrogen (secondary N) is 1. The van der Waals surface area contributed by atoms with E-state index in [4.69, 9.17) is 9.47 Å². The van der Waals surface area contributed by atoms with Gasteiger partial charge < -0.3 is 25.0 Å². The highest BCUT2D eigenvalue weighted by molar-refractivity contribution is 8.00. The van der Waals surface area contributed by atoms with E-state index >= 15 is 8.78 Å². The Morgan fingerprint density at radius 1 is 1.07 bits per heavy atom. The number of aliphatic hydroxyl groups is 2. The van der Waals surface area contributed by atoms with Gasteiger partial charge in [0.25, 0.3) is 0 Å². The average Bonchev–Trinajstić information content (AvgIpc) is 3.65. The molecule has 0 aromatic heterocycles. The number of fused-ring (bicyclic) bond motifs is 7. The van der Waals surface area contributed by atoms with Crippen LogP contribution < -0.4 is 5.32 Å². The first-order valence-corrected chi connectivity index (χ1v) is 20.3. The van der Waals surface area contributed by atoms with Crippen molar-refractivity contribution in [3.63, 3.8) is 0 Å². The molecule has 0 bridgehead atoms. The first-order chi connectivity index (χ1) is 25.6. The first kappa shape index (κ1) is 39.1. The van der Waals surface area contributed by atoms with E-state index in [0.717, 1.165) is 21.4 Å². The van der Waals surface area contributed by atoms with Gasteiger partial charge in [-0.2, -0.15) is 11.8 Å². The molecule has 2 aromatic rings. The summed E-state index contributed by atoms with van der Waals surface area (Å²) in [5.74, 6) is -3.00. The predicted molar refractivity (Wildman–Crippen MR) is 199 cm³/mol. The van der Waals surface area contributed by atoms with Gasteiger partial charge in [-0.15, -0.1) is 0 Å². The van der Waals surface area contributed by atoms with Crippen molar-refractivity contribution < 1.29 is 47.6 Å². The van der Waals surface area contributed by atoms with Gasteiger partial charge in [0, 0.05) is 38.5 Å². The topological polar surface area (TPSA) is 139 Å². The Balaban J connectivity index is 1.07. The minimum Gasteiger partial charge on any atom is -0.390 e. The summed E-state index contributed by atoms with van der Waals surface area (Å²) in [6, 6.07) is 15.0. The number of thioether (sulfide) groups is 1. The van der Waals surface area contributed by atoms with Crippen molar-refractivity contribution in [2.24, 2.45) is 22.7 Å². The Morgan fingerprint density at radius 3 is 2.52 bits per heavy atom. The van der Waals surface area contributed by atoms with Gasteiger partial charge in [0.05, 0.1) is 24.0 Å². The lowest BCUT2D eigenvalue weighted by atomic mass is 9.44. The zero-order chi connectivity index (χ0) is 38.8. The summed E-state index contributed by atoms with van der Waals surface area (Å²) >= 11 is 2.90. The molecule has 11 atom stereocenters. The van der Waals surface area contributed by atoms with E-state index in [2.05, 4.69) is 5.32 Å². The summed E-state index contributed by atoms with van der Waals surface area (Å²) in [5.41, 5.74) is -5.36. The second kappa shape index (κ2) is 14.4. The number of aliphatic hydroxyl groups excluding tert-OH is 2. The van der Waals surface area contributed by atoms with Crippen LogP contribution in [0.5, 0.6) is 0 Å². The highest BCUT2D eigenvalue weighted by atomic mass is 32.2. The largest absolute Gasteiger partial charge is 0.390 e. The van der Waals surface area contributed by atoms with Crippen LogP contribution in [-0.4, -0.2) is 87.8 Å². The molecule has 0 spiro atoms. The van der Waals surface area contributed by atoms with Crippen molar-refractivity contribution in [3.05, 3.63) is 83.5 Å². The summed E-state index contributed by atoms with van der Waals surface area (Å²) in [6.07, 6.45) is 0.304. The van der Waals surface area contributed by atoms with Crippen LogP contribution in [0.15, 0.2) is 82.1 Å². The van der Waals surface area contributed by atoms with Gasteiger partial charge in [-0.25, -0.2) is 8.78 Å². The van der Waals surface area contributed by atoms with Crippen molar-refractivity contribution in [2.75, 3.05) is 19.4 Å². The van der Waals surface area contributed by atoms with Crippen molar-refractivity contribution in [2.45, 2.75) is 97.4 Å². The van der Waals surface area contributed by atoms with E-state index < -0.39 is 76.8 Å². The van der Waals surface area contributed by atoms with E-state index in [9.17, 15) is 29.4 Å². The molecule has 4 fully saturated rings. The Hall–Kier alpha value is -3.20. The molecule has 4 aliphatic carbocycles. The minimum atomic E-state index is -2.32. The third-order valence-corrected chi connectivity index (χ3v) is 14.7. The Morgan fingerprint density at radius 2 is 1.81 bits per heavy atom. The van der Waals surface area contributed by atoms with Crippen LogP contribution in [0, 0.1) is 22.7 Å². The molecule has 1 aliphatic heterocycles. The van der Waals surface area contributed by atoms with Gasteiger partial charge in [0.1, 0.15) is 12.8 Å². The molecule has 1 heterocycles. The number of carbonyl (C=O) groups excluding carboxylic acids is 4. The van der Waals surface area contributed by atoms with Crippen LogP contribution in [0.1, 0.15) is 57.5 Å². The second-order valence-electron chi connectivity index (χ2n) is 15.6. The summed E-state index contributed by atoms with van der Waals surface area (Å²) in [4.78, 5) is 52.4. The normalized spacial score (nSPS) is 37.0. The Bertz CT molecular complexity index is 1920. The molecule has 1 amide bonds. The van der Waals surface area contributed by atoms with Crippen molar-refractivity contribution in [3.8, 4) is 0 Å². The van der Waals surface area contributed by atoms with Crippen LogP contribution in [0.25, 0.3) is 0 Å². The molecule has 3 N–H and O–H groups in total. The Labute approximate surface area is 321 Å². The standard InChI is InChI=1S/C41H45F2NO8S2/c1-22(53-4)36(50)44-20-26(47)14-23-6-5-7-28(15-23)54-27-10-8-24(9-11-27)37-51-35-18-29-30-17-32(42)31-16-25(46)12-13-38(31,2)40(30,43)33(48)19-39(29,3)41(35,52-37)34(49)21-45/h5-13,15-16,22,29-30,32-33,35,37,45,48H,14,17-21H2,1-4H3,(H,44,50)/t22?,29-,30-,32-,33-,35+,37+,38-,39-,40-,41+/m0/s1. The summed E-state index contributed by atoms with van der Waals surface area (Å²) in [6.45, 7) is 4.17. The number of amides is 1. The third-order valence-electron chi connectivity index (χ3n) is 12.8. The molecule has 2 aromatic carbocycles. The molecule has 5 aliphatic rings. The molecule has 54 heavy (non-hydrogen) atoms. The number of hydrogen-bond acceptors (Lipinski definition) is 10. The van der Waals surface area contributed by atoms with Gasteiger partial charge >= 0.3 is 0 Å². The van der Waals surface area contributed by atoms with Gasteiger partial charge in [-0.1, -0.05) is 49.0 Å². The maximum absolute atomic E-state index is 17.7. The molecule has 288 valence electrons. The molecule has 3 saturated carbocycles. The summed E-state index contributed by atoms with van der Waals surface area (Å²) in [7, 11) is 0. The number of ketones is 3. The number of Topliss-reactive ketones (excluding diaryl/α,β-unsaturated/α-hetero) is 2. The average molecular weight is 782 g/mol. The SMILES string of the molecule is CSC(C)C(=O)NCC(=O)Cc1cccc(Sc2ccc([C@@H]3O[C@@H]4C[C@H]5[C@@H]6C[C@H](F)C7=CC(=O)C=C[C@]7(C)[C@@]6(F)[C@@H](O)C[C@]5(C)[C@]4(C(=O)CO)O3)cc2)c1. The zero-order valence-electron chi connectivity index (χ0n) is 30.6. The van der Waals surface area contributed by atoms with Gasteiger partial charge in [0.2, 0.25) is 5.91 Å². The maximum atomic E-state index is 17.7. The predicted octanol–water partition coefficient (Wildman–Crippen LogP) is 5.46. The Kier molecular flexibility index (Phi) is 10.4. The van der Waals surface area contributed by atoms with Crippen molar-refractivity contribution >= 4 is 46.8 Å². The molecule has 1 unspecified atom stereocenters. The number of benzene rings is 2. The van der Waals surface area contributed by atoms with Gasteiger partial charge in [0.15, 0.2) is 34.9 Å². The van der Waals surface area contributed by atoms with E-state index in [1.54, 1.807) is 13.8 Å². The highest BCUT2D eigenvalue weighted by Crippen LogP contribution is 2.72. The molecule has 0 radical (unpaired) electrons. The van der Waals surface area contributed by atoms with Crippen molar-refractivity contribution in [1.29, 1.82) is 0 Å². The molecular formula is C41H45F2NO8S2. The lowest BCUT2D eigenvalue weighted by molar-refractivity contribution is -0.235. The number of allylic oxidation sites excluding steroid dienone is 4. The fourth-order valence-electron chi connectivity index (χ4n) is 9.99. The van der Waals surface area contributed by atoms with Crippen LogP contribution in [-0.2, 0) is 35.1 Å². The van der Waals surface area contributed by atoms with Gasteiger partial charge in [-0.3, -0.25) is 19.2 Å². The van der Waals surface area contributed by atoms with E-state index in [1.807, 2.05) is 54.8 Å². The number of hydrogen-bond donors (Lipinski definition) is 3. The summed E-state index contributed by atoms with van der Waals surface area (Å²) in [5, 5.41) is 24.5. The lowest BCUT2D eigenvalue weighted by Gasteiger charge is -2.63. The number of carbonyl (C=O) groups is 4. The first-order valence-electron chi connectivity index (χ1n) is 18.2. The van der Waals surface area contributed by atoms with E-state index in [0.29, 0.717) is 5.56 Å². The fraction of sp³-hybridized carbons (Fsp3) is 0.512. The third kappa shape index (κ3) is 6.05. The maximum Gasteiger partial charge on any atom is 0.233 e. The van der Waals surface area contributed by atoms with Gasteiger partial charge in [-0.05, 0) is 92.8 Å². The second-order valence-corrected chi connectivity index (χ2v) is 17.9. The van der Waals surface area contributed by atoms with Crippen LogP contribution in [0.3, 0.4) is 0 Å². The van der Waals surface area contributed by atoms with E-state index in [-0.39, 0.29) is 54.7 Å². The number of alkyl halides is 2. The number of halogens is 2. The van der Waals surface area contributed by atoms with Crippen molar-refractivity contribution in [1.82, 2.24) is 5.32 Å². The summed E-state index contributed by atoms with van der Waals surface area (Å²) < 4.78 is 46.6. The molecule has 7 rings (SSSR count). The number of rotatable bonds is 11. The fourth-order valence-corrected chi connectivity index (χ4v) is 11.2. The number of ether oxygens (including phenoxy) is 2. The minimum absolute atomic E-state index is 0.0197. The smallest absolute Gasteiger partial charge is 0.233 e. The van der Waals surface area contributed by atoms with Crippen LogP contribution in [0.4, 0.5) is 8.78 Å². The lowest BCUT2D eigenvalue weighted by Crippen LogP contribution is -2.70. The molecule has 1 saturated heterocycles. The van der Waals surface area contributed by atoms with E-state index in [1.165, 1.54) is 42.6 Å². The molecular weight excluding hydrogens is 737 g/mol. The van der Waals surface area contributed by atoms with Crippen LogP contribution >= 0.6 is 23.5 Å². The monoisotopic (exact) mass is 781 g/mol. The molecule has 13 heteroatoms. The quantitative estimate of drug-likeness (QED) is 0.270. The molecule has 9 nitrogen and oxygen atoms in total. The van der Waals surface area contributed by atoms with Crippen LogP contribution in [0.2, 0.25) is 0 Å². The highest BCUT2D eigenvalue weighted by Gasteiger charge is 2.80. The zero-order valence-corrected chi connectivity index (χ0v) is 32.2.